The van der Waals surface area contributed by atoms with E-state index in [1.54, 1.807) is 12.1 Å². The van der Waals surface area contributed by atoms with Crippen molar-refractivity contribution in [1.29, 1.82) is 0 Å². The van der Waals surface area contributed by atoms with Crippen LogP contribution in [-0.4, -0.2) is 42.9 Å². The topological polar surface area (TPSA) is 61.4 Å². The zero-order valence-corrected chi connectivity index (χ0v) is 15.9. The predicted molar refractivity (Wildman–Crippen MR) is 107 cm³/mol. The fraction of sp³-hybridized carbons (Fsp3) is 0.364. The minimum atomic E-state index is -0.256. The highest BCUT2D eigenvalue weighted by molar-refractivity contribution is 5.92. The Kier molecular flexibility index (Phi) is 7.14. The third-order valence-electron chi connectivity index (χ3n) is 5.02. The highest BCUT2D eigenvalue weighted by atomic mass is 19.1. The van der Waals surface area contributed by atoms with E-state index >= 15 is 0 Å². The number of benzene rings is 2. The molecule has 2 amide bonds. The van der Waals surface area contributed by atoms with Gasteiger partial charge in [0.2, 0.25) is 11.8 Å². The predicted octanol–water partition coefficient (Wildman–Crippen LogP) is 2.84. The molecular weight excluding hydrogens is 357 g/mol. The molecule has 148 valence electrons. The van der Waals surface area contributed by atoms with Gasteiger partial charge in [0.25, 0.3) is 0 Å². The summed E-state index contributed by atoms with van der Waals surface area (Å²) >= 11 is 0. The Morgan fingerprint density at radius 3 is 2.36 bits per heavy atom. The van der Waals surface area contributed by atoms with Crippen LogP contribution in [0.2, 0.25) is 0 Å². The maximum atomic E-state index is 12.9. The molecule has 0 aliphatic carbocycles. The number of anilines is 1. The summed E-state index contributed by atoms with van der Waals surface area (Å²) in [6.07, 6.45) is 2.18. The second-order valence-corrected chi connectivity index (χ2v) is 7.13. The number of rotatable bonds is 7. The van der Waals surface area contributed by atoms with E-state index in [0.29, 0.717) is 19.5 Å². The van der Waals surface area contributed by atoms with Crippen LogP contribution in [0.3, 0.4) is 0 Å². The largest absolute Gasteiger partial charge is 0.355 e. The van der Waals surface area contributed by atoms with Crippen molar-refractivity contribution >= 4 is 17.5 Å². The van der Waals surface area contributed by atoms with Crippen molar-refractivity contribution in [1.82, 2.24) is 10.2 Å². The van der Waals surface area contributed by atoms with E-state index in [2.05, 4.69) is 15.5 Å². The molecule has 2 aromatic carbocycles. The minimum absolute atomic E-state index is 0.0157. The first kappa shape index (κ1) is 20.0. The molecule has 1 aliphatic heterocycles. The molecule has 0 atom stereocenters. The standard InChI is InChI=1S/C22H26FN3O2/c23-19-8-6-17(7-9-19)10-13-24-21(27)16-26-14-11-18(12-15-26)22(28)25-20-4-2-1-3-5-20/h1-9,18H,10-16H2,(H,24,27)(H,25,28). The van der Waals surface area contributed by atoms with Gasteiger partial charge in [0.05, 0.1) is 6.54 Å². The van der Waals surface area contributed by atoms with Gasteiger partial charge >= 0.3 is 0 Å². The molecule has 0 spiro atoms. The quantitative estimate of drug-likeness (QED) is 0.773. The highest BCUT2D eigenvalue weighted by Gasteiger charge is 2.25. The third kappa shape index (κ3) is 6.16. The average Bonchev–Trinajstić information content (AvgIpc) is 2.71. The number of likely N-dealkylation sites (tertiary alicyclic amines) is 1. The Hall–Kier alpha value is -2.73. The Balaban J connectivity index is 1.33. The molecule has 2 N–H and O–H groups in total. The van der Waals surface area contributed by atoms with E-state index in [9.17, 15) is 14.0 Å². The monoisotopic (exact) mass is 383 g/mol. The molecule has 5 nitrogen and oxygen atoms in total. The number of halogens is 1. The van der Waals surface area contributed by atoms with Gasteiger partial charge in [-0.3, -0.25) is 14.5 Å². The maximum absolute atomic E-state index is 12.9. The number of para-hydroxylation sites is 1. The van der Waals surface area contributed by atoms with Crippen LogP contribution in [0, 0.1) is 11.7 Å². The maximum Gasteiger partial charge on any atom is 0.234 e. The molecule has 6 heteroatoms. The van der Waals surface area contributed by atoms with E-state index in [4.69, 9.17) is 0 Å². The van der Waals surface area contributed by atoms with E-state index < -0.39 is 0 Å². The fourth-order valence-corrected chi connectivity index (χ4v) is 3.38. The van der Waals surface area contributed by atoms with Crippen LogP contribution in [0.4, 0.5) is 10.1 Å². The molecule has 1 aliphatic rings. The third-order valence-corrected chi connectivity index (χ3v) is 5.02. The summed E-state index contributed by atoms with van der Waals surface area (Å²) < 4.78 is 12.9. The Labute approximate surface area is 164 Å². The first-order chi connectivity index (χ1) is 13.6. The number of hydrogen-bond acceptors (Lipinski definition) is 3. The fourth-order valence-electron chi connectivity index (χ4n) is 3.38. The van der Waals surface area contributed by atoms with Crippen LogP contribution in [0.5, 0.6) is 0 Å². The van der Waals surface area contributed by atoms with Crippen molar-refractivity contribution in [2.75, 3.05) is 31.5 Å². The normalized spacial score (nSPS) is 15.2. The molecule has 1 heterocycles. The first-order valence-electron chi connectivity index (χ1n) is 9.69. The van der Waals surface area contributed by atoms with Gasteiger partial charge in [-0.15, -0.1) is 0 Å². The molecule has 28 heavy (non-hydrogen) atoms. The number of carbonyl (C=O) groups is 2. The van der Waals surface area contributed by atoms with Gasteiger partial charge in [0.15, 0.2) is 0 Å². The molecule has 0 unspecified atom stereocenters. The van der Waals surface area contributed by atoms with Crippen molar-refractivity contribution < 1.29 is 14.0 Å². The SMILES string of the molecule is O=C(CN1CCC(C(=O)Nc2ccccc2)CC1)NCCc1ccc(F)cc1. The molecule has 0 saturated carbocycles. The molecule has 1 saturated heterocycles. The summed E-state index contributed by atoms with van der Waals surface area (Å²) in [6, 6.07) is 15.8. The smallest absolute Gasteiger partial charge is 0.234 e. The summed E-state index contributed by atoms with van der Waals surface area (Å²) in [5.74, 6) is -0.240. The van der Waals surface area contributed by atoms with Crippen LogP contribution >= 0.6 is 0 Å². The van der Waals surface area contributed by atoms with Crippen molar-refractivity contribution in [2.45, 2.75) is 19.3 Å². The Bertz CT molecular complexity index is 772. The Morgan fingerprint density at radius 2 is 1.68 bits per heavy atom. The first-order valence-corrected chi connectivity index (χ1v) is 9.69. The number of carbonyl (C=O) groups excluding carboxylic acids is 2. The number of nitrogens with zero attached hydrogens (tertiary/aromatic N) is 1. The summed E-state index contributed by atoms with van der Waals surface area (Å²) in [4.78, 5) is 26.6. The van der Waals surface area contributed by atoms with Gasteiger partial charge in [0, 0.05) is 18.2 Å². The Morgan fingerprint density at radius 1 is 1.00 bits per heavy atom. The number of nitrogens with one attached hydrogen (secondary N) is 2. The highest BCUT2D eigenvalue weighted by Crippen LogP contribution is 2.19. The number of hydrogen-bond donors (Lipinski definition) is 2. The molecule has 3 rings (SSSR count). The molecular formula is C22H26FN3O2. The van der Waals surface area contributed by atoms with Gasteiger partial charge in [-0.25, -0.2) is 4.39 Å². The molecule has 1 fully saturated rings. The zero-order valence-electron chi connectivity index (χ0n) is 15.9. The molecule has 2 aromatic rings. The zero-order chi connectivity index (χ0) is 19.8. The number of amides is 2. The summed E-state index contributed by atoms with van der Waals surface area (Å²) in [5.41, 5.74) is 1.81. The average molecular weight is 383 g/mol. The second kappa shape index (κ2) is 9.99. The second-order valence-electron chi connectivity index (χ2n) is 7.13. The summed E-state index contributed by atoms with van der Waals surface area (Å²) in [7, 11) is 0. The van der Waals surface area contributed by atoms with Crippen molar-refractivity contribution in [3.8, 4) is 0 Å². The minimum Gasteiger partial charge on any atom is -0.355 e. The number of piperidine rings is 1. The van der Waals surface area contributed by atoms with Crippen molar-refractivity contribution in [3.63, 3.8) is 0 Å². The van der Waals surface area contributed by atoms with Gasteiger partial charge in [0.1, 0.15) is 5.82 Å². The van der Waals surface area contributed by atoms with Crippen LogP contribution in [0.1, 0.15) is 18.4 Å². The summed E-state index contributed by atoms with van der Waals surface area (Å²) in [6.45, 7) is 2.34. The van der Waals surface area contributed by atoms with Gasteiger partial charge < -0.3 is 10.6 Å². The van der Waals surface area contributed by atoms with E-state index in [1.807, 2.05) is 30.3 Å². The summed E-state index contributed by atoms with van der Waals surface area (Å²) in [5, 5.41) is 5.86. The van der Waals surface area contributed by atoms with E-state index in [0.717, 1.165) is 37.2 Å². The van der Waals surface area contributed by atoms with Crippen molar-refractivity contribution in [2.24, 2.45) is 5.92 Å². The van der Waals surface area contributed by atoms with Crippen LogP contribution in [0.25, 0.3) is 0 Å². The lowest BCUT2D eigenvalue weighted by atomic mass is 9.96. The molecule has 0 aromatic heterocycles. The lowest BCUT2D eigenvalue weighted by molar-refractivity contribution is -0.123. The lowest BCUT2D eigenvalue weighted by Gasteiger charge is -2.30. The van der Waals surface area contributed by atoms with Crippen LogP contribution in [-0.2, 0) is 16.0 Å². The molecule has 0 radical (unpaired) electrons. The van der Waals surface area contributed by atoms with Gasteiger partial charge in [-0.2, -0.15) is 0 Å². The van der Waals surface area contributed by atoms with Gasteiger partial charge in [-0.05, 0) is 62.2 Å². The lowest BCUT2D eigenvalue weighted by Crippen LogP contribution is -2.43. The van der Waals surface area contributed by atoms with E-state index in [-0.39, 0.29) is 23.5 Å². The van der Waals surface area contributed by atoms with Crippen LogP contribution < -0.4 is 10.6 Å². The van der Waals surface area contributed by atoms with E-state index in [1.165, 1.54) is 12.1 Å². The molecule has 0 bridgehead atoms. The van der Waals surface area contributed by atoms with Crippen LogP contribution in [0.15, 0.2) is 54.6 Å². The van der Waals surface area contributed by atoms with Crippen molar-refractivity contribution in [3.05, 3.63) is 66.0 Å². The van der Waals surface area contributed by atoms with Gasteiger partial charge in [-0.1, -0.05) is 30.3 Å².